The number of nitrogens with zero attached hydrogens (tertiary/aromatic N) is 1. The van der Waals surface area contributed by atoms with Gasteiger partial charge in [0, 0.05) is 43.3 Å². The number of nitrogen functional groups attached to an aromatic ring is 1. The number of anilines is 1. The summed E-state index contributed by atoms with van der Waals surface area (Å²) in [7, 11) is 1.84. The first-order valence-corrected chi connectivity index (χ1v) is 11.7. The SMILES string of the molecule is C=C(/C=C/CNCc1ccc(/C(CC)=C(\c2ccccc2)c2ccc(N)c(C(N)F)c2)cn1)NC. The van der Waals surface area contributed by atoms with Gasteiger partial charge in [0.05, 0.1) is 5.69 Å². The summed E-state index contributed by atoms with van der Waals surface area (Å²) in [6.07, 6.45) is 4.98. The van der Waals surface area contributed by atoms with Crippen LogP contribution in [0.15, 0.2) is 91.3 Å². The lowest BCUT2D eigenvalue weighted by Crippen LogP contribution is -2.14. The van der Waals surface area contributed by atoms with E-state index in [2.05, 4.69) is 47.3 Å². The van der Waals surface area contributed by atoms with Crippen molar-refractivity contribution in [2.75, 3.05) is 19.3 Å². The smallest absolute Gasteiger partial charge is 0.176 e. The molecule has 2 aromatic carbocycles. The van der Waals surface area contributed by atoms with E-state index in [1.165, 1.54) is 0 Å². The van der Waals surface area contributed by atoms with Crippen LogP contribution in [0.2, 0.25) is 0 Å². The summed E-state index contributed by atoms with van der Waals surface area (Å²) in [5.74, 6) is 0. The van der Waals surface area contributed by atoms with Crippen molar-refractivity contribution in [3.8, 4) is 0 Å². The van der Waals surface area contributed by atoms with Crippen LogP contribution in [0.5, 0.6) is 0 Å². The molecule has 0 fully saturated rings. The first kappa shape index (κ1) is 25.9. The van der Waals surface area contributed by atoms with Crippen molar-refractivity contribution in [3.63, 3.8) is 0 Å². The number of rotatable bonds is 11. The summed E-state index contributed by atoms with van der Waals surface area (Å²) in [6.45, 7) is 7.35. The highest BCUT2D eigenvalue weighted by molar-refractivity contribution is 5.98. The molecule has 0 aliphatic carbocycles. The van der Waals surface area contributed by atoms with Crippen molar-refractivity contribution in [3.05, 3.63) is 119 Å². The molecule has 35 heavy (non-hydrogen) atoms. The van der Waals surface area contributed by atoms with Gasteiger partial charge in [-0.05, 0) is 58.5 Å². The Balaban J connectivity index is 1.94. The van der Waals surface area contributed by atoms with E-state index in [0.29, 0.717) is 17.8 Å². The average molecular weight is 472 g/mol. The van der Waals surface area contributed by atoms with Gasteiger partial charge < -0.3 is 16.4 Å². The van der Waals surface area contributed by atoms with E-state index in [9.17, 15) is 4.39 Å². The number of benzene rings is 2. The van der Waals surface area contributed by atoms with E-state index in [4.69, 9.17) is 11.5 Å². The zero-order chi connectivity index (χ0) is 25.2. The molecule has 0 aliphatic heterocycles. The molecule has 0 spiro atoms. The summed E-state index contributed by atoms with van der Waals surface area (Å²) >= 11 is 0. The summed E-state index contributed by atoms with van der Waals surface area (Å²) < 4.78 is 14.1. The number of hydrogen-bond donors (Lipinski definition) is 4. The molecule has 0 amide bonds. The van der Waals surface area contributed by atoms with Crippen LogP contribution in [-0.2, 0) is 6.54 Å². The van der Waals surface area contributed by atoms with Crippen LogP contribution in [0.4, 0.5) is 10.1 Å². The Morgan fingerprint density at radius 1 is 1.09 bits per heavy atom. The highest BCUT2D eigenvalue weighted by Crippen LogP contribution is 2.36. The van der Waals surface area contributed by atoms with Crippen LogP contribution in [0, 0.1) is 0 Å². The van der Waals surface area contributed by atoms with E-state index in [1.807, 2.05) is 55.7 Å². The van der Waals surface area contributed by atoms with E-state index >= 15 is 0 Å². The molecule has 1 atom stereocenters. The van der Waals surface area contributed by atoms with E-state index in [1.54, 1.807) is 12.1 Å². The van der Waals surface area contributed by atoms with Gasteiger partial charge in [-0.1, -0.05) is 62.0 Å². The number of pyridine rings is 1. The quantitative estimate of drug-likeness (QED) is 0.131. The Bertz CT molecular complexity index is 1180. The fourth-order valence-electron chi connectivity index (χ4n) is 3.89. The molecule has 0 radical (unpaired) electrons. The maximum atomic E-state index is 14.1. The first-order valence-electron chi connectivity index (χ1n) is 11.7. The van der Waals surface area contributed by atoms with Crippen LogP contribution in [0.25, 0.3) is 11.1 Å². The lowest BCUT2D eigenvalue weighted by atomic mass is 9.88. The standard InChI is InChI=1S/C29H34FN5/c1-4-25(23-12-14-24(35-18-23)19-34-16-8-9-20(2)33-3)28(21-10-6-5-7-11-21)22-13-15-27(31)26(17-22)29(30)32/h5-15,17-18,29,33-34H,2,4,16,19,31-32H2,1,3H3/b9-8+,28-25+. The predicted octanol–water partition coefficient (Wildman–Crippen LogP) is 5.34. The minimum Gasteiger partial charge on any atom is -0.398 e. The zero-order valence-corrected chi connectivity index (χ0v) is 20.4. The monoisotopic (exact) mass is 471 g/mol. The molecule has 182 valence electrons. The van der Waals surface area contributed by atoms with Crippen LogP contribution in [-0.4, -0.2) is 18.6 Å². The van der Waals surface area contributed by atoms with Crippen LogP contribution >= 0.6 is 0 Å². The van der Waals surface area contributed by atoms with Gasteiger partial charge in [0.1, 0.15) is 0 Å². The molecular weight excluding hydrogens is 437 g/mol. The molecule has 1 aromatic heterocycles. The second kappa shape index (κ2) is 12.6. The molecule has 3 rings (SSSR count). The third-order valence-electron chi connectivity index (χ3n) is 5.77. The largest absolute Gasteiger partial charge is 0.398 e. The minimum absolute atomic E-state index is 0.290. The lowest BCUT2D eigenvalue weighted by molar-refractivity contribution is 0.357. The van der Waals surface area contributed by atoms with Gasteiger partial charge in [0.15, 0.2) is 6.30 Å². The van der Waals surface area contributed by atoms with Crippen LogP contribution < -0.4 is 22.1 Å². The molecule has 5 nitrogen and oxygen atoms in total. The zero-order valence-electron chi connectivity index (χ0n) is 20.4. The summed E-state index contributed by atoms with van der Waals surface area (Å²) in [5, 5.41) is 6.33. The topological polar surface area (TPSA) is 89.0 Å². The van der Waals surface area contributed by atoms with Crippen LogP contribution in [0.3, 0.4) is 0 Å². The Kier molecular flexibility index (Phi) is 9.35. The van der Waals surface area contributed by atoms with Crippen molar-refractivity contribution in [1.29, 1.82) is 0 Å². The van der Waals surface area contributed by atoms with Gasteiger partial charge in [-0.2, -0.15) is 0 Å². The number of nitrogens with one attached hydrogen (secondary N) is 2. The lowest BCUT2D eigenvalue weighted by Gasteiger charge is -2.18. The first-order chi connectivity index (χ1) is 16.9. The third kappa shape index (κ3) is 6.88. The number of halogens is 1. The van der Waals surface area contributed by atoms with Gasteiger partial charge in [0.2, 0.25) is 0 Å². The molecule has 0 aliphatic rings. The normalized spacial score (nSPS) is 12.9. The number of aromatic nitrogens is 1. The molecule has 1 unspecified atom stereocenters. The van der Waals surface area contributed by atoms with E-state index in [0.717, 1.165) is 52.2 Å². The number of nitrogens with two attached hydrogens (primary N) is 2. The maximum absolute atomic E-state index is 14.1. The average Bonchev–Trinajstić information content (AvgIpc) is 2.88. The number of alkyl halides is 1. The fourth-order valence-corrected chi connectivity index (χ4v) is 3.89. The molecule has 3 aromatic rings. The molecule has 0 saturated heterocycles. The Morgan fingerprint density at radius 3 is 2.46 bits per heavy atom. The van der Waals surface area contributed by atoms with Gasteiger partial charge in [0.25, 0.3) is 0 Å². The number of allylic oxidation sites excluding steroid dienone is 2. The Labute approximate surface area is 207 Å². The Hall–Kier alpha value is -3.74. The van der Waals surface area contributed by atoms with Gasteiger partial charge in [-0.25, -0.2) is 4.39 Å². The van der Waals surface area contributed by atoms with Crippen molar-refractivity contribution in [1.82, 2.24) is 15.6 Å². The molecule has 0 saturated carbocycles. The minimum atomic E-state index is -1.64. The molecule has 0 bridgehead atoms. The van der Waals surface area contributed by atoms with Crippen molar-refractivity contribution >= 4 is 16.8 Å². The van der Waals surface area contributed by atoms with Gasteiger partial charge in [-0.3, -0.25) is 10.7 Å². The number of hydrogen-bond acceptors (Lipinski definition) is 5. The van der Waals surface area contributed by atoms with Crippen molar-refractivity contribution in [2.45, 2.75) is 26.2 Å². The summed E-state index contributed by atoms with van der Waals surface area (Å²) in [6, 6.07) is 19.6. The van der Waals surface area contributed by atoms with Crippen molar-refractivity contribution in [2.24, 2.45) is 5.73 Å². The highest BCUT2D eigenvalue weighted by atomic mass is 19.1. The third-order valence-corrected chi connectivity index (χ3v) is 5.77. The van der Waals surface area contributed by atoms with Crippen molar-refractivity contribution < 1.29 is 4.39 Å². The second-order valence-electron chi connectivity index (χ2n) is 8.17. The Morgan fingerprint density at radius 2 is 1.83 bits per heavy atom. The molecule has 1 heterocycles. The molecular formula is C29H34FN5. The second-order valence-corrected chi connectivity index (χ2v) is 8.17. The van der Waals surface area contributed by atoms with E-state index < -0.39 is 6.30 Å². The summed E-state index contributed by atoms with van der Waals surface area (Å²) in [4.78, 5) is 4.68. The fraction of sp³-hybridized carbons (Fsp3) is 0.207. The number of likely N-dealkylation sites (N-methyl/N-ethyl adjacent to an activating group) is 1. The summed E-state index contributed by atoms with van der Waals surface area (Å²) in [5.41, 5.74) is 19.0. The van der Waals surface area contributed by atoms with Gasteiger partial charge in [-0.15, -0.1) is 0 Å². The maximum Gasteiger partial charge on any atom is 0.176 e. The highest BCUT2D eigenvalue weighted by Gasteiger charge is 2.16. The predicted molar refractivity (Wildman–Crippen MR) is 145 cm³/mol. The van der Waals surface area contributed by atoms with E-state index in [-0.39, 0.29) is 0 Å². The molecule has 6 heteroatoms. The van der Waals surface area contributed by atoms with Crippen LogP contribution in [0.1, 0.15) is 47.6 Å². The molecule has 6 N–H and O–H groups in total. The van der Waals surface area contributed by atoms with Gasteiger partial charge >= 0.3 is 0 Å².